The Balaban J connectivity index is 2.21. The third kappa shape index (κ3) is 3.44. The third-order valence-electron chi connectivity index (χ3n) is 2.85. The SMILES string of the molecule is CC(Nc1ccccc1F)c1ccccc1OC(F)F. The lowest BCUT2D eigenvalue weighted by Gasteiger charge is -2.19. The molecule has 0 aliphatic rings. The fourth-order valence-electron chi connectivity index (χ4n) is 1.93. The molecule has 0 aliphatic carbocycles. The Morgan fingerprint density at radius 1 is 1.00 bits per heavy atom. The number of halogens is 3. The van der Waals surface area contributed by atoms with Crippen molar-refractivity contribution in [2.45, 2.75) is 19.6 Å². The Bertz CT molecular complexity index is 575. The zero-order valence-electron chi connectivity index (χ0n) is 10.8. The van der Waals surface area contributed by atoms with Gasteiger partial charge in [0.15, 0.2) is 0 Å². The smallest absolute Gasteiger partial charge is 0.387 e. The van der Waals surface area contributed by atoms with Gasteiger partial charge in [0.25, 0.3) is 0 Å². The van der Waals surface area contributed by atoms with E-state index in [1.165, 1.54) is 12.1 Å². The summed E-state index contributed by atoms with van der Waals surface area (Å²) in [6.45, 7) is -1.14. The second-order valence-corrected chi connectivity index (χ2v) is 4.26. The molecule has 0 aliphatic heterocycles. The first-order valence-electron chi connectivity index (χ1n) is 6.12. The van der Waals surface area contributed by atoms with Crippen molar-refractivity contribution < 1.29 is 17.9 Å². The highest BCUT2D eigenvalue weighted by molar-refractivity contribution is 5.48. The standard InChI is InChI=1S/C15H14F3NO/c1-10(19-13-8-4-3-7-12(13)16)11-6-2-5-9-14(11)20-15(17)18/h2-10,15,19H,1H3. The van der Waals surface area contributed by atoms with Crippen LogP contribution in [0.15, 0.2) is 48.5 Å². The Hall–Kier alpha value is -2.17. The minimum Gasteiger partial charge on any atom is -0.434 e. The number of benzene rings is 2. The molecular formula is C15H14F3NO. The topological polar surface area (TPSA) is 21.3 Å². The van der Waals surface area contributed by atoms with E-state index < -0.39 is 12.4 Å². The molecule has 106 valence electrons. The van der Waals surface area contributed by atoms with Gasteiger partial charge >= 0.3 is 6.61 Å². The van der Waals surface area contributed by atoms with E-state index in [1.54, 1.807) is 43.3 Å². The van der Waals surface area contributed by atoms with Crippen LogP contribution in [0, 0.1) is 5.82 Å². The number of anilines is 1. The number of para-hydroxylation sites is 2. The van der Waals surface area contributed by atoms with E-state index in [-0.39, 0.29) is 11.8 Å². The minimum absolute atomic E-state index is 0.0823. The lowest BCUT2D eigenvalue weighted by molar-refractivity contribution is -0.0505. The molecule has 0 heterocycles. The van der Waals surface area contributed by atoms with Gasteiger partial charge in [-0.15, -0.1) is 0 Å². The van der Waals surface area contributed by atoms with E-state index in [1.807, 2.05) is 0 Å². The summed E-state index contributed by atoms with van der Waals surface area (Å²) >= 11 is 0. The molecule has 1 N–H and O–H groups in total. The fraction of sp³-hybridized carbons (Fsp3) is 0.200. The van der Waals surface area contributed by atoms with Crippen molar-refractivity contribution in [1.29, 1.82) is 0 Å². The second-order valence-electron chi connectivity index (χ2n) is 4.26. The number of ether oxygens (including phenoxy) is 1. The maximum atomic E-state index is 13.6. The molecule has 0 aromatic heterocycles. The number of hydrogen-bond acceptors (Lipinski definition) is 2. The molecule has 1 unspecified atom stereocenters. The van der Waals surface area contributed by atoms with Crippen LogP contribution < -0.4 is 10.1 Å². The molecule has 0 spiro atoms. The molecule has 1 atom stereocenters. The zero-order chi connectivity index (χ0) is 14.5. The van der Waals surface area contributed by atoms with Crippen LogP contribution in [-0.2, 0) is 0 Å². The Kier molecular flexibility index (Phi) is 4.50. The highest BCUT2D eigenvalue weighted by Crippen LogP contribution is 2.29. The van der Waals surface area contributed by atoms with Crippen molar-refractivity contribution in [3.8, 4) is 5.75 Å². The van der Waals surface area contributed by atoms with Crippen molar-refractivity contribution in [3.63, 3.8) is 0 Å². The maximum Gasteiger partial charge on any atom is 0.387 e. The summed E-state index contributed by atoms with van der Waals surface area (Å²) in [5, 5.41) is 2.94. The predicted molar refractivity (Wildman–Crippen MR) is 71.5 cm³/mol. The minimum atomic E-state index is -2.89. The van der Waals surface area contributed by atoms with E-state index in [0.29, 0.717) is 11.3 Å². The summed E-state index contributed by atoms with van der Waals surface area (Å²) in [5.74, 6) is -0.314. The van der Waals surface area contributed by atoms with Gasteiger partial charge in [0, 0.05) is 5.56 Å². The van der Waals surface area contributed by atoms with Gasteiger partial charge in [-0.05, 0) is 25.1 Å². The molecule has 2 nitrogen and oxygen atoms in total. The normalized spacial score (nSPS) is 12.2. The molecule has 0 radical (unpaired) electrons. The van der Waals surface area contributed by atoms with Gasteiger partial charge in [-0.25, -0.2) is 4.39 Å². The van der Waals surface area contributed by atoms with Crippen LogP contribution in [-0.4, -0.2) is 6.61 Å². The average molecular weight is 281 g/mol. The van der Waals surface area contributed by atoms with Gasteiger partial charge < -0.3 is 10.1 Å². The van der Waals surface area contributed by atoms with Crippen molar-refractivity contribution in [3.05, 3.63) is 59.9 Å². The zero-order valence-corrected chi connectivity index (χ0v) is 10.8. The van der Waals surface area contributed by atoms with Gasteiger partial charge in [0.2, 0.25) is 0 Å². The van der Waals surface area contributed by atoms with Gasteiger partial charge in [-0.3, -0.25) is 0 Å². The number of rotatable bonds is 5. The van der Waals surface area contributed by atoms with Crippen LogP contribution in [0.3, 0.4) is 0 Å². The van der Waals surface area contributed by atoms with E-state index in [4.69, 9.17) is 0 Å². The van der Waals surface area contributed by atoms with Gasteiger partial charge in [-0.2, -0.15) is 8.78 Å². The molecule has 2 aromatic carbocycles. The van der Waals surface area contributed by atoms with Crippen LogP contribution in [0.25, 0.3) is 0 Å². The number of alkyl halides is 2. The number of nitrogens with one attached hydrogen (secondary N) is 1. The first kappa shape index (κ1) is 14.2. The largest absolute Gasteiger partial charge is 0.434 e. The average Bonchev–Trinajstić information content (AvgIpc) is 2.41. The first-order valence-corrected chi connectivity index (χ1v) is 6.12. The summed E-state index contributed by atoms with van der Waals surface area (Å²) in [5.41, 5.74) is 0.850. The van der Waals surface area contributed by atoms with E-state index >= 15 is 0 Å². The highest BCUT2D eigenvalue weighted by Gasteiger charge is 2.15. The van der Waals surface area contributed by atoms with Gasteiger partial charge in [0.1, 0.15) is 11.6 Å². The second kappa shape index (κ2) is 6.32. The Morgan fingerprint density at radius 3 is 2.35 bits per heavy atom. The Labute approximate surface area is 115 Å². The molecule has 2 rings (SSSR count). The summed E-state index contributed by atoms with van der Waals surface area (Å²) in [6, 6.07) is 12.3. The van der Waals surface area contributed by atoms with E-state index in [2.05, 4.69) is 10.1 Å². The predicted octanol–water partition coefficient (Wildman–Crippen LogP) is 4.60. The van der Waals surface area contributed by atoms with Gasteiger partial charge in [0.05, 0.1) is 11.7 Å². The molecule has 0 amide bonds. The quantitative estimate of drug-likeness (QED) is 0.864. The van der Waals surface area contributed by atoms with Crippen LogP contribution in [0.1, 0.15) is 18.5 Å². The van der Waals surface area contributed by atoms with Crippen LogP contribution in [0.5, 0.6) is 5.75 Å². The molecule has 20 heavy (non-hydrogen) atoms. The van der Waals surface area contributed by atoms with Crippen molar-refractivity contribution in [2.24, 2.45) is 0 Å². The van der Waals surface area contributed by atoms with Crippen LogP contribution in [0.4, 0.5) is 18.9 Å². The highest BCUT2D eigenvalue weighted by atomic mass is 19.3. The maximum absolute atomic E-state index is 13.6. The van der Waals surface area contributed by atoms with Crippen molar-refractivity contribution in [2.75, 3.05) is 5.32 Å². The Morgan fingerprint density at radius 2 is 1.65 bits per heavy atom. The summed E-state index contributed by atoms with van der Waals surface area (Å²) in [6.07, 6.45) is 0. The molecule has 0 fully saturated rings. The lowest BCUT2D eigenvalue weighted by Crippen LogP contribution is -2.11. The fourth-order valence-corrected chi connectivity index (χ4v) is 1.93. The molecule has 5 heteroatoms. The van der Waals surface area contributed by atoms with Crippen molar-refractivity contribution in [1.82, 2.24) is 0 Å². The first-order chi connectivity index (χ1) is 9.58. The van der Waals surface area contributed by atoms with E-state index in [9.17, 15) is 13.2 Å². The molecular weight excluding hydrogens is 267 g/mol. The van der Waals surface area contributed by atoms with Crippen LogP contribution >= 0.6 is 0 Å². The molecule has 0 saturated carbocycles. The third-order valence-corrected chi connectivity index (χ3v) is 2.85. The molecule has 0 saturated heterocycles. The number of hydrogen-bond donors (Lipinski definition) is 1. The summed E-state index contributed by atoms with van der Waals surface area (Å²) < 4.78 is 42.7. The van der Waals surface area contributed by atoms with Gasteiger partial charge in [-0.1, -0.05) is 30.3 Å². The monoisotopic (exact) mass is 281 g/mol. The van der Waals surface area contributed by atoms with Crippen LogP contribution in [0.2, 0.25) is 0 Å². The van der Waals surface area contributed by atoms with Crippen molar-refractivity contribution >= 4 is 5.69 Å². The summed E-state index contributed by atoms with van der Waals surface area (Å²) in [4.78, 5) is 0. The van der Waals surface area contributed by atoms with E-state index in [0.717, 1.165) is 0 Å². The summed E-state index contributed by atoms with van der Waals surface area (Å²) in [7, 11) is 0. The molecule has 2 aromatic rings. The molecule has 0 bridgehead atoms. The lowest BCUT2D eigenvalue weighted by atomic mass is 10.1.